The van der Waals surface area contributed by atoms with Gasteiger partial charge in [0.1, 0.15) is 17.3 Å². The molecule has 0 spiro atoms. The van der Waals surface area contributed by atoms with Crippen molar-refractivity contribution >= 4 is 28.7 Å². The summed E-state index contributed by atoms with van der Waals surface area (Å²) in [5.41, 5.74) is 3.10. The number of Topliss-reactive ketones (excluding diaryl/α,β-unsaturated/α-hetero) is 1. The van der Waals surface area contributed by atoms with Crippen molar-refractivity contribution in [2.24, 2.45) is 7.05 Å². The van der Waals surface area contributed by atoms with Crippen LogP contribution in [0.2, 0.25) is 0 Å². The van der Waals surface area contributed by atoms with Crippen molar-refractivity contribution in [1.29, 1.82) is 0 Å². The maximum atomic E-state index is 13.2. The molecule has 1 unspecified atom stereocenters. The molecule has 6 nitrogen and oxygen atoms in total. The summed E-state index contributed by atoms with van der Waals surface area (Å²) in [6.07, 6.45) is 5.43. The Labute approximate surface area is 177 Å². The predicted octanol–water partition coefficient (Wildman–Crippen LogP) is 4.83. The first kappa shape index (κ1) is 17.8. The van der Waals surface area contributed by atoms with Gasteiger partial charge in [0.05, 0.1) is 24.2 Å². The highest BCUT2D eigenvalue weighted by Gasteiger charge is 2.39. The number of benzene rings is 2. The first-order valence-corrected chi connectivity index (χ1v) is 9.99. The minimum atomic E-state index is -0.370. The Kier molecular flexibility index (Phi) is 3.71. The fraction of sp³-hybridized carbons (Fsp3) is 0.120. The van der Waals surface area contributed by atoms with E-state index in [1.54, 1.807) is 30.5 Å². The number of fused-ring (bicyclic) bond motifs is 4. The monoisotopic (exact) mass is 411 g/mol. The summed E-state index contributed by atoms with van der Waals surface area (Å²) < 4.78 is 19.1. The van der Waals surface area contributed by atoms with E-state index in [0.717, 1.165) is 16.5 Å². The molecule has 0 amide bonds. The second-order valence-corrected chi connectivity index (χ2v) is 7.75. The molecule has 2 aliphatic heterocycles. The van der Waals surface area contributed by atoms with Crippen LogP contribution in [0.15, 0.2) is 71.2 Å². The number of furan rings is 1. The molecule has 6 rings (SSSR count). The highest BCUT2D eigenvalue weighted by atomic mass is 16.5. The number of nitrogens with zero attached hydrogens (tertiary/aromatic N) is 1. The molecule has 1 atom stereocenters. The quantitative estimate of drug-likeness (QED) is 0.268. The second kappa shape index (κ2) is 6.47. The van der Waals surface area contributed by atoms with E-state index in [9.17, 15) is 9.59 Å². The lowest BCUT2D eigenvalue weighted by atomic mass is 9.88. The van der Waals surface area contributed by atoms with Gasteiger partial charge in [-0.3, -0.25) is 9.59 Å². The number of carbonyl (C=O) groups is 2. The van der Waals surface area contributed by atoms with Crippen molar-refractivity contribution in [2.45, 2.75) is 12.3 Å². The number of aryl methyl sites for hydroxylation is 1. The summed E-state index contributed by atoms with van der Waals surface area (Å²) in [5, 5.41) is 1.04. The zero-order valence-corrected chi connectivity index (χ0v) is 16.6. The maximum Gasteiger partial charge on any atom is 0.312 e. The van der Waals surface area contributed by atoms with E-state index >= 15 is 0 Å². The van der Waals surface area contributed by atoms with Gasteiger partial charge >= 0.3 is 5.97 Å². The smallest absolute Gasteiger partial charge is 0.312 e. The normalized spacial score (nSPS) is 18.7. The molecule has 31 heavy (non-hydrogen) atoms. The van der Waals surface area contributed by atoms with Gasteiger partial charge in [-0.2, -0.15) is 0 Å². The number of esters is 1. The van der Waals surface area contributed by atoms with Crippen LogP contribution in [0.25, 0.3) is 17.0 Å². The van der Waals surface area contributed by atoms with Crippen LogP contribution in [0, 0.1) is 0 Å². The van der Waals surface area contributed by atoms with Crippen LogP contribution >= 0.6 is 0 Å². The van der Waals surface area contributed by atoms with Crippen LogP contribution in [0.1, 0.15) is 39.6 Å². The second-order valence-electron chi connectivity index (χ2n) is 7.75. The van der Waals surface area contributed by atoms with Crippen LogP contribution in [0.4, 0.5) is 0 Å². The largest absolute Gasteiger partial charge is 0.469 e. The average Bonchev–Trinajstić information content (AvgIpc) is 3.48. The van der Waals surface area contributed by atoms with Crippen molar-refractivity contribution in [3.8, 4) is 11.5 Å². The number of para-hydroxylation sites is 1. The molecule has 0 saturated heterocycles. The Balaban J connectivity index is 1.48. The summed E-state index contributed by atoms with van der Waals surface area (Å²) in [5.74, 6) is 0.804. The lowest BCUT2D eigenvalue weighted by Crippen LogP contribution is -2.21. The summed E-state index contributed by atoms with van der Waals surface area (Å²) in [4.78, 5) is 25.3. The number of ether oxygens (including phenoxy) is 2. The fourth-order valence-corrected chi connectivity index (χ4v) is 4.47. The first-order chi connectivity index (χ1) is 15.1. The van der Waals surface area contributed by atoms with E-state index in [1.807, 2.05) is 48.1 Å². The third-order valence-electron chi connectivity index (χ3n) is 5.88. The molecule has 0 fully saturated rings. The molecule has 0 saturated carbocycles. The minimum absolute atomic E-state index is 0.122. The van der Waals surface area contributed by atoms with E-state index < -0.39 is 0 Å². The van der Waals surface area contributed by atoms with Crippen LogP contribution in [0.3, 0.4) is 0 Å². The Hall–Kier alpha value is -4.06. The average molecular weight is 411 g/mol. The summed E-state index contributed by atoms with van der Waals surface area (Å²) in [6.45, 7) is 0. The van der Waals surface area contributed by atoms with Crippen molar-refractivity contribution in [3.05, 3.63) is 89.2 Å². The molecular formula is C25H17NO5. The predicted molar refractivity (Wildman–Crippen MR) is 113 cm³/mol. The number of allylic oxidation sites excluding steroid dienone is 1. The van der Waals surface area contributed by atoms with Gasteiger partial charge in [-0.1, -0.05) is 18.2 Å². The van der Waals surface area contributed by atoms with Crippen LogP contribution in [-0.2, 0) is 11.8 Å². The van der Waals surface area contributed by atoms with Crippen molar-refractivity contribution < 1.29 is 23.5 Å². The maximum absolute atomic E-state index is 13.2. The number of aromatic nitrogens is 1. The third kappa shape index (κ3) is 2.65. The molecule has 2 aromatic heterocycles. The fourth-order valence-electron chi connectivity index (χ4n) is 4.47. The Morgan fingerprint density at radius 2 is 1.90 bits per heavy atom. The van der Waals surface area contributed by atoms with Gasteiger partial charge in [0.2, 0.25) is 5.78 Å². The first-order valence-electron chi connectivity index (χ1n) is 9.99. The molecule has 0 radical (unpaired) electrons. The summed E-state index contributed by atoms with van der Waals surface area (Å²) >= 11 is 0. The highest BCUT2D eigenvalue weighted by Crippen LogP contribution is 2.49. The zero-order chi connectivity index (χ0) is 21.1. The lowest BCUT2D eigenvalue weighted by molar-refractivity contribution is -0.135. The van der Waals surface area contributed by atoms with Gasteiger partial charge in [0.25, 0.3) is 0 Å². The molecule has 6 heteroatoms. The Morgan fingerprint density at radius 1 is 1.03 bits per heavy atom. The molecule has 0 N–H and O–H groups in total. The van der Waals surface area contributed by atoms with Gasteiger partial charge < -0.3 is 18.5 Å². The highest BCUT2D eigenvalue weighted by molar-refractivity contribution is 6.15. The number of hydrogen-bond acceptors (Lipinski definition) is 5. The van der Waals surface area contributed by atoms with E-state index in [1.165, 1.54) is 0 Å². The SMILES string of the molecule is Cn1cc(C=C2Oc3c(ccc4c3C(c3ccco3)CC(=O)O4)C2=O)c2ccccc21. The van der Waals surface area contributed by atoms with E-state index in [0.29, 0.717) is 28.4 Å². The van der Waals surface area contributed by atoms with E-state index in [2.05, 4.69) is 0 Å². The van der Waals surface area contributed by atoms with Gasteiger partial charge in [-0.05, 0) is 36.4 Å². The van der Waals surface area contributed by atoms with Gasteiger partial charge in [-0.25, -0.2) is 0 Å². The van der Waals surface area contributed by atoms with E-state index in [-0.39, 0.29) is 29.9 Å². The topological polar surface area (TPSA) is 70.7 Å². The lowest BCUT2D eigenvalue weighted by Gasteiger charge is -2.24. The standard InChI is InChI=1S/C25H17NO5/c1-26-13-14(15-5-2-3-6-18(15)26)11-21-24(28)16-8-9-20-23(25(16)31-21)17(12-22(27)30-20)19-7-4-10-29-19/h2-11,13,17H,12H2,1H3. The van der Waals surface area contributed by atoms with Gasteiger partial charge in [0.15, 0.2) is 5.76 Å². The molecule has 0 bridgehead atoms. The number of carbonyl (C=O) groups excluding carboxylic acids is 2. The van der Waals surface area contributed by atoms with Crippen LogP contribution in [0.5, 0.6) is 11.5 Å². The van der Waals surface area contributed by atoms with Crippen molar-refractivity contribution in [2.75, 3.05) is 0 Å². The molecule has 4 aromatic rings. The minimum Gasteiger partial charge on any atom is -0.469 e. The zero-order valence-electron chi connectivity index (χ0n) is 16.6. The van der Waals surface area contributed by atoms with Crippen molar-refractivity contribution in [3.63, 3.8) is 0 Å². The molecule has 2 aromatic carbocycles. The van der Waals surface area contributed by atoms with Crippen LogP contribution < -0.4 is 9.47 Å². The molecule has 2 aliphatic rings. The van der Waals surface area contributed by atoms with Crippen LogP contribution in [-0.4, -0.2) is 16.3 Å². The molecular weight excluding hydrogens is 394 g/mol. The molecule has 4 heterocycles. The van der Waals surface area contributed by atoms with E-state index in [4.69, 9.17) is 13.9 Å². The number of rotatable bonds is 2. The third-order valence-corrected chi connectivity index (χ3v) is 5.88. The summed E-state index contributed by atoms with van der Waals surface area (Å²) in [7, 11) is 1.97. The number of ketones is 1. The van der Waals surface area contributed by atoms with Crippen molar-refractivity contribution in [1.82, 2.24) is 4.57 Å². The Bertz CT molecular complexity index is 1410. The molecule has 152 valence electrons. The summed E-state index contributed by atoms with van der Waals surface area (Å²) in [6, 6.07) is 14.9. The van der Waals surface area contributed by atoms with Gasteiger partial charge in [-0.15, -0.1) is 0 Å². The number of hydrogen-bond donors (Lipinski definition) is 0. The Morgan fingerprint density at radius 3 is 2.74 bits per heavy atom. The molecule has 0 aliphatic carbocycles. The van der Waals surface area contributed by atoms with Gasteiger partial charge in [0, 0.05) is 35.3 Å².